The van der Waals surface area contributed by atoms with Crippen LogP contribution >= 0.6 is 11.8 Å². The summed E-state index contributed by atoms with van der Waals surface area (Å²) in [6.07, 6.45) is 1.55. The van der Waals surface area contributed by atoms with Crippen molar-refractivity contribution in [1.82, 2.24) is 5.43 Å². The predicted molar refractivity (Wildman–Crippen MR) is 71.8 cm³/mol. The summed E-state index contributed by atoms with van der Waals surface area (Å²) >= 11 is 1.35. The van der Waals surface area contributed by atoms with E-state index in [0.717, 1.165) is 6.07 Å². The SMILES string of the molecule is O=[N+]([O-])c1cc(C2=NNC(c3ccco3)S2)ccc1F. The number of furan rings is 1. The third kappa shape index (κ3) is 2.25. The van der Waals surface area contributed by atoms with Gasteiger partial charge in [-0.25, -0.2) is 0 Å². The van der Waals surface area contributed by atoms with Gasteiger partial charge in [0, 0.05) is 11.6 Å². The van der Waals surface area contributed by atoms with E-state index in [1.165, 1.54) is 23.9 Å². The molecular formula is C12H8FN3O3S. The summed E-state index contributed by atoms with van der Waals surface area (Å²) in [7, 11) is 0. The monoisotopic (exact) mass is 293 g/mol. The summed E-state index contributed by atoms with van der Waals surface area (Å²) in [6, 6.07) is 7.26. The minimum absolute atomic E-state index is 0.191. The van der Waals surface area contributed by atoms with Gasteiger partial charge in [-0.1, -0.05) is 11.8 Å². The van der Waals surface area contributed by atoms with Gasteiger partial charge in [-0.3, -0.25) is 15.5 Å². The zero-order chi connectivity index (χ0) is 14.1. The van der Waals surface area contributed by atoms with Crippen LogP contribution in [-0.2, 0) is 0 Å². The molecule has 0 saturated carbocycles. The van der Waals surface area contributed by atoms with Crippen LogP contribution in [0, 0.1) is 15.9 Å². The van der Waals surface area contributed by atoms with Gasteiger partial charge in [0.25, 0.3) is 0 Å². The summed E-state index contributed by atoms with van der Waals surface area (Å²) in [5.74, 6) is -0.164. The highest BCUT2D eigenvalue weighted by atomic mass is 32.2. The lowest BCUT2D eigenvalue weighted by Gasteiger charge is -2.04. The second kappa shape index (κ2) is 4.97. The Hall–Kier alpha value is -2.35. The average Bonchev–Trinajstić information content (AvgIpc) is 3.09. The van der Waals surface area contributed by atoms with Crippen LogP contribution < -0.4 is 5.43 Å². The first-order chi connectivity index (χ1) is 9.65. The maximum Gasteiger partial charge on any atom is 0.305 e. The topological polar surface area (TPSA) is 80.7 Å². The number of hydrazone groups is 1. The van der Waals surface area contributed by atoms with Crippen molar-refractivity contribution in [2.45, 2.75) is 5.37 Å². The lowest BCUT2D eigenvalue weighted by atomic mass is 10.2. The molecule has 20 heavy (non-hydrogen) atoms. The van der Waals surface area contributed by atoms with Gasteiger partial charge in [0.1, 0.15) is 10.8 Å². The molecule has 0 aliphatic carbocycles. The summed E-state index contributed by atoms with van der Waals surface area (Å²) < 4.78 is 18.5. The minimum atomic E-state index is -0.863. The number of nitrogens with zero attached hydrogens (tertiary/aromatic N) is 2. The normalized spacial score (nSPS) is 17.6. The second-order valence-electron chi connectivity index (χ2n) is 3.98. The molecule has 1 unspecified atom stereocenters. The Bertz CT molecular complexity index is 687. The lowest BCUT2D eigenvalue weighted by Crippen LogP contribution is -2.04. The largest absolute Gasteiger partial charge is 0.466 e. The summed E-state index contributed by atoms with van der Waals surface area (Å²) in [4.78, 5) is 9.97. The molecule has 102 valence electrons. The predicted octanol–water partition coefficient (Wildman–Crippen LogP) is 3.02. The van der Waals surface area contributed by atoms with Gasteiger partial charge >= 0.3 is 5.69 Å². The van der Waals surface area contributed by atoms with Gasteiger partial charge in [-0.15, -0.1) is 0 Å². The van der Waals surface area contributed by atoms with Crippen molar-refractivity contribution in [3.63, 3.8) is 0 Å². The molecule has 0 bridgehead atoms. The number of nitro groups is 1. The van der Waals surface area contributed by atoms with E-state index in [0.29, 0.717) is 16.4 Å². The van der Waals surface area contributed by atoms with Gasteiger partial charge in [-0.2, -0.15) is 9.49 Å². The van der Waals surface area contributed by atoms with Gasteiger partial charge in [0.2, 0.25) is 5.82 Å². The van der Waals surface area contributed by atoms with Gasteiger partial charge < -0.3 is 4.42 Å². The summed E-state index contributed by atoms with van der Waals surface area (Å²) in [6.45, 7) is 0. The zero-order valence-corrected chi connectivity index (χ0v) is 10.8. The van der Waals surface area contributed by atoms with E-state index in [1.54, 1.807) is 18.4 Å². The molecule has 1 N–H and O–H groups in total. The first kappa shape index (κ1) is 12.7. The van der Waals surface area contributed by atoms with Crippen LogP contribution in [0.3, 0.4) is 0 Å². The number of hydrogen-bond acceptors (Lipinski definition) is 6. The molecule has 0 saturated heterocycles. The molecule has 0 spiro atoms. The van der Waals surface area contributed by atoms with E-state index < -0.39 is 16.4 Å². The lowest BCUT2D eigenvalue weighted by molar-refractivity contribution is -0.387. The van der Waals surface area contributed by atoms with Crippen molar-refractivity contribution in [2.75, 3.05) is 0 Å². The summed E-state index contributed by atoms with van der Waals surface area (Å²) in [5.41, 5.74) is 2.79. The van der Waals surface area contributed by atoms with Crippen molar-refractivity contribution in [1.29, 1.82) is 0 Å². The molecule has 1 atom stereocenters. The van der Waals surface area contributed by atoms with E-state index in [9.17, 15) is 14.5 Å². The molecule has 6 nitrogen and oxygen atoms in total. The molecule has 1 aliphatic rings. The molecule has 2 aromatic rings. The highest BCUT2D eigenvalue weighted by Gasteiger charge is 2.26. The third-order valence-electron chi connectivity index (χ3n) is 2.70. The number of nitrogens with one attached hydrogen (secondary N) is 1. The summed E-state index contributed by atoms with van der Waals surface area (Å²) in [5, 5.41) is 15.2. The number of nitro benzene ring substituents is 1. The molecule has 8 heteroatoms. The van der Waals surface area contributed by atoms with E-state index in [1.807, 2.05) is 0 Å². The maximum absolute atomic E-state index is 13.3. The van der Waals surface area contributed by atoms with Crippen LogP contribution in [0.2, 0.25) is 0 Å². The Kier molecular flexibility index (Phi) is 3.15. The molecule has 0 radical (unpaired) electrons. The first-order valence-corrected chi connectivity index (χ1v) is 6.50. The molecular weight excluding hydrogens is 285 g/mol. The Morgan fingerprint density at radius 2 is 2.30 bits per heavy atom. The average molecular weight is 293 g/mol. The van der Waals surface area contributed by atoms with E-state index in [2.05, 4.69) is 10.5 Å². The van der Waals surface area contributed by atoms with E-state index >= 15 is 0 Å². The molecule has 3 rings (SSSR count). The Morgan fingerprint density at radius 3 is 3.00 bits per heavy atom. The highest BCUT2D eigenvalue weighted by Crippen LogP contribution is 2.35. The van der Waals surface area contributed by atoms with Crippen LogP contribution in [0.1, 0.15) is 16.7 Å². The van der Waals surface area contributed by atoms with Gasteiger partial charge in [0.05, 0.1) is 11.2 Å². The van der Waals surface area contributed by atoms with Crippen molar-refractivity contribution in [2.24, 2.45) is 5.10 Å². The van der Waals surface area contributed by atoms with Gasteiger partial charge in [0.15, 0.2) is 5.37 Å². The molecule has 1 aliphatic heterocycles. The van der Waals surface area contributed by atoms with Crippen molar-refractivity contribution in [3.05, 3.63) is 63.9 Å². The number of hydrogen-bond donors (Lipinski definition) is 1. The van der Waals surface area contributed by atoms with Crippen LogP contribution in [0.5, 0.6) is 0 Å². The first-order valence-electron chi connectivity index (χ1n) is 5.63. The van der Waals surface area contributed by atoms with Crippen LogP contribution in [0.25, 0.3) is 0 Å². The number of benzene rings is 1. The standard InChI is InChI=1S/C12H8FN3O3S/c13-8-4-3-7(6-9(8)16(17)18)11-14-15-12(20-11)10-2-1-5-19-10/h1-6,12,15H. The third-order valence-corrected chi connectivity index (χ3v) is 3.83. The van der Waals surface area contributed by atoms with Crippen molar-refractivity contribution in [3.8, 4) is 0 Å². The molecule has 0 fully saturated rings. The van der Waals surface area contributed by atoms with E-state index in [-0.39, 0.29) is 5.37 Å². The van der Waals surface area contributed by atoms with Crippen LogP contribution in [-0.4, -0.2) is 9.97 Å². The zero-order valence-electron chi connectivity index (χ0n) is 9.95. The van der Waals surface area contributed by atoms with Crippen molar-refractivity contribution < 1.29 is 13.7 Å². The number of halogens is 1. The molecule has 0 amide bonds. The Morgan fingerprint density at radius 1 is 1.45 bits per heavy atom. The maximum atomic E-state index is 13.3. The second-order valence-corrected chi connectivity index (χ2v) is 5.08. The Balaban J connectivity index is 1.84. The fraction of sp³-hybridized carbons (Fsp3) is 0.0833. The fourth-order valence-corrected chi connectivity index (χ4v) is 2.71. The minimum Gasteiger partial charge on any atom is -0.466 e. The smallest absolute Gasteiger partial charge is 0.305 e. The van der Waals surface area contributed by atoms with Crippen molar-refractivity contribution >= 4 is 22.5 Å². The quantitative estimate of drug-likeness (QED) is 0.695. The number of rotatable bonds is 3. The highest BCUT2D eigenvalue weighted by molar-refractivity contribution is 8.14. The molecule has 1 aromatic heterocycles. The Labute approximate surface area is 116 Å². The number of thioether (sulfide) groups is 1. The fourth-order valence-electron chi connectivity index (χ4n) is 1.76. The van der Waals surface area contributed by atoms with Gasteiger partial charge in [-0.05, 0) is 24.3 Å². The van der Waals surface area contributed by atoms with Crippen LogP contribution in [0.4, 0.5) is 10.1 Å². The molecule has 1 aromatic carbocycles. The van der Waals surface area contributed by atoms with E-state index in [4.69, 9.17) is 4.42 Å². The molecule has 2 heterocycles. The van der Waals surface area contributed by atoms with Crippen LogP contribution in [0.15, 0.2) is 46.1 Å².